The van der Waals surface area contributed by atoms with Gasteiger partial charge < -0.3 is 29.7 Å². The van der Waals surface area contributed by atoms with Crippen LogP contribution in [0.5, 0.6) is 0 Å². The first-order chi connectivity index (χ1) is 20.8. The van der Waals surface area contributed by atoms with E-state index in [2.05, 4.69) is 32.7 Å². The molecule has 12 heteroatoms. The van der Waals surface area contributed by atoms with Crippen molar-refractivity contribution in [1.82, 2.24) is 14.8 Å². The normalized spacial score (nSPS) is 14.7. The number of fused-ring (bicyclic) bond motifs is 1. The third-order valence-electron chi connectivity index (χ3n) is 7.40. The number of para-hydroxylation sites is 1. The van der Waals surface area contributed by atoms with Gasteiger partial charge in [-0.05, 0) is 61.0 Å². The summed E-state index contributed by atoms with van der Waals surface area (Å²) in [5.41, 5.74) is 6.23. The quantitative estimate of drug-likeness (QED) is 0.167. The lowest BCUT2D eigenvalue weighted by atomic mass is 10.0. The number of ether oxygens (including phenoxy) is 2. The number of hydrogen-bond donors (Lipinski definition) is 3. The van der Waals surface area contributed by atoms with Crippen molar-refractivity contribution in [3.05, 3.63) is 89.1 Å². The number of halogens is 2. The minimum Gasteiger partial charge on any atom is -0.384 e. The van der Waals surface area contributed by atoms with Crippen LogP contribution < -0.4 is 15.6 Å². The largest absolute Gasteiger partial charge is 0.384 e. The SMILES string of the molecule is COCOCCCNc1cccc(C(=O)Nn2ncc3cc(C(O)c4cc(F)cc(F)c4)ccc32)c1N1CCN(C)CC1. The minimum absolute atomic E-state index is 0.102. The molecular weight excluding hydrogens is 558 g/mol. The summed E-state index contributed by atoms with van der Waals surface area (Å²) in [5.74, 6) is -1.86. The fourth-order valence-corrected chi connectivity index (χ4v) is 5.17. The highest BCUT2D eigenvalue weighted by Gasteiger charge is 2.24. The molecule has 1 aliphatic heterocycles. The van der Waals surface area contributed by atoms with Crippen molar-refractivity contribution in [2.45, 2.75) is 12.5 Å². The Bertz CT molecular complexity index is 1540. The van der Waals surface area contributed by atoms with E-state index in [0.29, 0.717) is 35.2 Å². The van der Waals surface area contributed by atoms with E-state index >= 15 is 0 Å². The van der Waals surface area contributed by atoms with Gasteiger partial charge in [0.15, 0.2) is 0 Å². The third-order valence-corrected chi connectivity index (χ3v) is 7.40. The van der Waals surface area contributed by atoms with E-state index in [9.17, 15) is 18.7 Å². The molecule has 228 valence electrons. The molecule has 1 fully saturated rings. The van der Waals surface area contributed by atoms with Crippen molar-refractivity contribution in [3.8, 4) is 0 Å². The molecule has 10 nitrogen and oxygen atoms in total. The second-order valence-corrected chi connectivity index (χ2v) is 10.5. The van der Waals surface area contributed by atoms with Crippen molar-refractivity contribution in [3.63, 3.8) is 0 Å². The summed E-state index contributed by atoms with van der Waals surface area (Å²) in [4.78, 5) is 19.6. The number of anilines is 2. The van der Waals surface area contributed by atoms with Crippen molar-refractivity contribution in [1.29, 1.82) is 0 Å². The predicted molar refractivity (Wildman–Crippen MR) is 161 cm³/mol. The number of rotatable bonds is 12. The van der Waals surface area contributed by atoms with Crippen LogP contribution in [-0.2, 0) is 9.47 Å². The summed E-state index contributed by atoms with van der Waals surface area (Å²) >= 11 is 0. The zero-order chi connectivity index (χ0) is 30.3. The highest BCUT2D eigenvalue weighted by molar-refractivity contribution is 6.07. The molecule has 0 aliphatic carbocycles. The first-order valence-electron chi connectivity index (χ1n) is 14.1. The summed E-state index contributed by atoms with van der Waals surface area (Å²) < 4.78 is 37.7. The molecule has 1 amide bonds. The predicted octanol–water partition coefficient (Wildman–Crippen LogP) is 3.95. The van der Waals surface area contributed by atoms with Gasteiger partial charge in [-0.2, -0.15) is 9.89 Å². The lowest BCUT2D eigenvalue weighted by Gasteiger charge is -2.36. The fraction of sp³-hybridized carbons (Fsp3) is 0.355. The van der Waals surface area contributed by atoms with Gasteiger partial charge in [-0.15, -0.1) is 0 Å². The number of nitrogens with one attached hydrogen (secondary N) is 2. The van der Waals surface area contributed by atoms with E-state index < -0.39 is 17.7 Å². The molecule has 1 aromatic heterocycles. The van der Waals surface area contributed by atoms with Crippen LogP contribution in [0.2, 0.25) is 0 Å². The van der Waals surface area contributed by atoms with Gasteiger partial charge >= 0.3 is 0 Å². The molecule has 4 aromatic rings. The van der Waals surface area contributed by atoms with Crippen LogP contribution in [-0.4, -0.2) is 86.1 Å². The third kappa shape index (κ3) is 7.28. The molecule has 0 saturated carbocycles. The molecular formula is C31H36F2N6O4. The molecule has 1 atom stereocenters. The topological polar surface area (TPSA) is 104 Å². The average Bonchev–Trinajstić information content (AvgIpc) is 3.40. The van der Waals surface area contributed by atoms with Crippen molar-refractivity contribution < 1.29 is 28.2 Å². The lowest BCUT2D eigenvalue weighted by molar-refractivity contribution is -0.0303. The van der Waals surface area contributed by atoms with Crippen molar-refractivity contribution >= 4 is 28.2 Å². The zero-order valence-electron chi connectivity index (χ0n) is 24.2. The number of benzene rings is 3. The highest BCUT2D eigenvalue weighted by atomic mass is 19.1. The Morgan fingerprint density at radius 2 is 1.81 bits per heavy atom. The van der Waals surface area contributed by atoms with Gasteiger partial charge in [0.1, 0.15) is 24.5 Å². The second-order valence-electron chi connectivity index (χ2n) is 10.5. The molecule has 5 rings (SSSR count). The Hall–Kier alpha value is -4.10. The molecule has 0 spiro atoms. The number of amides is 1. The van der Waals surface area contributed by atoms with Crippen LogP contribution >= 0.6 is 0 Å². The Kier molecular flexibility index (Phi) is 9.82. The van der Waals surface area contributed by atoms with Gasteiger partial charge in [0, 0.05) is 51.3 Å². The average molecular weight is 595 g/mol. The number of aliphatic hydroxyl groups is 1. The first-order valence-corrected chi connectivity index (χ1v) is 14.1. The number of carbonyl (C=O) groups excluding carboxylic acids is 1. The number of likely N-dealkylation sites (N-methyl/N-ethyl adjacent to an activating group) is 1. The first kappa shape index (κ1) is 30.4. The molecule has 3 aromatic carbocycles. The maximum atomic E-state index is 13.7. The van der Waals surface area contributed by atoms with Crippen LogP contribution in [0.3, 0.4) is 0 Å². The Labute approximate surface area is 248 Å². The van der Waals surface area contributed by atoms with Gasteiger partial charge in [-0.3, -0.25) is 4.79 Å². The maximum Gasteiger partial charge on any atom is 0.273 e. The van der Waals surface area contributed by atoms with Gasteiger partial charge in [0.2, 0.25) is 0 Å². The summed E-state index contributed by atoms with van der Waals surface area (Å²) in [6, 6.07) is 13.6. The number of hydrogen-bond acceptors (Lipinski definition) is 8. The number of aromatic nitrogens is 2. The number of carbonyl (C=O) groups is 1. The minimum atomic E-state index is -1.24. The van der Waals surface area contributed by atoms with E-state index in [-0.39, 0.29) is 18.3 Å². The maximum absolute atomic E-state index is 13.7. The van der Waals surface area contributed by atoms with E-state index in [4.69, 9.17) is 9.47 Å². The molecule has 1 unspecified atom stereocenters. The van der Waals surface area contributed by atoms with Crippen LogP contribution in [0.1, 0.15) is 34.0 Å². The molecule has 43 heavy (non-hydrogen) atoms. The number of piperazine rings is 1. The van der Waals surface area contributed by atoms with Gasteiger partial charge in [-0.25, -0.2) is 14.2 Å². The molecule has 2 heterocycles. The van der Waals surface area contributed by atoms with Crippen LogP contribution in [0, 0.1) is 11.6 Å². The summed E-state index contributed by atoms with van der Waals surface area (Å²) in [6.45, 7) is 4.76. The summed E-state index contributed by atoms with van der Waals surface area (Å²) in [6.07, 6.45) is 1.09. The van der Waals surface area contributed by atoms with E-state index in [1.54, 1.807) is 37.6 Å². The van der Waals surface area contributed by atoms with Crippen LogP contribution in [0.4, 0.5) is 20.2 Å². The van der Waals surface area contributed by atoms with Crippen LogP contribution in [0.25, 0.3) is 10.9 Å². The molecule has 0 radical (unpaired) electrons. The lowest BCUT2D eigenvalue weighted by Crippen LogP contribution is -2.45. The van der Waals surface area contributed by atoms with E-state index in [1.165, 1.54) is 4.79 Å². The summed E-state index contributed by atoms with van der Waals surface area (Å²) in [5, 5.41) is 19.2. The second kappa shape index (κ2) is 13.9. The number of methoxy groups -OCH3 is 1. The van der Waals surface area contributed by atoms with E-state index in [1.807, 2.05) is 12.1 Å². The zero-order valence-corrected chi connectivity index (χ0v) is 24.2. The van der Waals surface area contributed by atoms with E-state index in [0.717, 1.165) is 62.2 Å². The number of nitrogens with zero attached hydrogens (tertiary/aromatic N) is 4. The monoisotopic (exact) mass is 594 g/mol. The Morgan fingerprint density at radius 1 is 1.05 bits per heavy atom. The fourth-order valence-electron chi connectivity index (χ4n) is 5.17. The van der Waals surface area contributed by atoms with Crippen molar-refractivity contribution in [2.75, 3.05) is 75.9 Å². The molecule has 3 N–H and O–H groups in total. The standard InChI is InChI=1S/C31H36F2N6O4/c1-37-10-12-38(13-11-37)29-26(5-3-6-27(29)34-9-4-14-43-20-42-2)31(41)36-39-28-8-7-21(15-23(28)19-35-39)30(40)22-16-24(32)18-25(33)17-22/h3,5-8,15-19,30,34,40H,4,9-14,20H2,1-2H3,(H,36,41). The smallest absolute Gasteiger partial charge is 0.273 e. The Balaban J connectivity index is 1.36. The highest BCUT2D eigenvalue weighted by Crippen LogP contribution is 2.32. The molecule has 0 bridgehead atoms. The summed E-state index contributed by atoms with van der Waals surface area (Å²) in [7, 11) is 3.67. The van der Waals surface area contributed by atoms with Gasteiger partial charge in [0.25, 0.3) is 5.91 Å². The molecule has 1 aliphatic rings. The Morgan fingerprint density at radius 3 is 2.56 bits per heavy atom. The molecule has 1 saturated heterocycles. The van der Waals surface area contributed by atoms with Crippen LogP contribution in [0.15, 0.2) is 60.8 Å². The van der Waals surface area contributed by atoms with Crippen molar-refractivity contribution in [2.24, 2.45) is 0 Å². The number of aliphatic hydroxyl groups excluding tert-OH is 1. The van der Waals surface area contributed by atoms with Gasteiger partial charge in [-0.1, -0.05) is 12.1 Å². The van der Waals surface area contributed by atoms with Gasteiger partial charge in [0.05, 0.1) is 35.3 Å².